The topological polar surface area (TPSA) is 0 Å². The molecule has 1 saturated carbocycles. The van der Waals surface area contributed by atoms with Crippen LogP contribution in [0.4, 0.5) is 0 Å². The molecule has 2 rings (SSSR count). The Labute approximate surface area is 129 Å². The molecule has 1 heteroatoms. The predicted octanol–water partition coefficient (Wildman–Crippen LogP) is 6.45. The number of hydrogen-bond donors (Lipinski definition) is 0. The van der Waals surface area contributed by atoms with Crippen molar-refractivity contribution in [2.75, 3.05) is 0 Å². The number of halogens is 1. The van der Waals surface area contributed by atoms with Gasteiger partial charge in [0.15, 0.2) is 0 Å². The van der Waals surface area contributed by atoms with Crippen molar-refractivity contribution in [2.24, 2.45) is 5.92 Å². The second kappa shape index (κ2) is 8.08. The molecule has 0 bridgehead atoms. The Morgan fingerprint density at radius 3 is 2.15 bits per heavy atom. The van der Waals surface area contributed by atoms with Gasteiger partial charge in [-0.3, -0.25) is 0 Å². The minimum atomic E-state index is 0.212. The van der Waals surface area contributed by atoms with Crippen molar-refractivity contribution in [3.8, 4) is 0 Å². The van der Waals surface area contributed by atoms with E-state index in [0.29, 0.717) is 5.92 Å². The maximum absolute atomic E-state index is 6.84. The fourth-order valence-electron chi connectivity index (χ4n) is 3.54. The van der Waals surface area contributed by atoms with Gasteiger partial charge in [-0.1, -0.05) is 64.2 Å². The maximum atomic E-state index is 6.84. The van der Waals surface area contributed by atoms with E-state index >= 15 is 0 Å². The predicted molar refractivity (Wildman–Crippen MR) is 89.6 cm³/mol. The Morgan fingerprint density at radius 2 is 1.55 bits per heavy atom. The van der Waals surface area contributed by atoms with Crippen molar-refractivity contribution in [1.29, 1.82) is 0 Å². The molecule has 1 aliphatic rings. The van der Waals surface area contributed by atoms with Gasteiger partial charge in [-0.05, 0) is 48.3 Å². The van der Waals surface area contributed by atoms with Crippen LogP contribution in [0.3, 0.4) is 0 Å². The first kappa shape index (κ1) is 15.9. The third kappa shape index (κ3) is 4.01. The smallest absolute Gasteiger partial charge is 0.0613 e. The van der Waals surface area contributed by atoms with E-state index in [4.69, 9.17) is 11.6 Å². The van der Waals surface area contributed by atoms with Crippen molar-refractivity contribution in [3.63, 3.8) is 0 Å². The number of hydrogen-bond acceptors (Lipinski definition) is 0. The molecular formula is C19H29Cl. The summed E-state index contributed by atoms with van der Waals surface area (Å²) in [5.74, 6) is 0.675. The van der Waals surface area contributed by atoms with Crippen LogP contribution in [0.1, 0.15) is 80.9 Å². The van der Waals surface area contributed by atoms with Crippen LogP contribution in [0.15, 0.2) is 18.2 Å². The van der Waals surface area contributed by atoms with Crippen LogP contribution in [-0.4, -0.2) is 0 Å². The summed E-state index contributed by atoms with van der Waals surface area (Å²) in [5.41, 5.74) is 4.32. The number of aryl methyl sites for hydroxylation is 2. The zero-order valence-electron chi connectivity index (χ0n) is 13.1. The second-order valence-corrected chi connectivity index (χ2v) is 6.71. The summed E-state index contributed by atoms with van der Waals surface area (Å²) in [6.45, 7) is 4.48. The zero-order valence-corrected chi connectivity index (χ0v) is 13.9. The van der Waals surface area contributed by atoms with Gasteiger partial charge in [-0.15, -0.1) is 11.6 Å². The summed E-state index contributed by atoms with van der Waals surface area (Å²) in [6.07, 6.45) is 11.8. The van der Waals surface area contributed by atoms with Crippen molar-refractivity contribution < 1.29 is 0 Å². The van der Waals surface area contributed by atoms with E-state index in [1.807, 2.05) is 0 Å². The first-order valence-corrected chi connectivity index (χ1v) is 8.95. The molecule has 0 saturated heterocycles. The summed E-state index contributed by atoms with van der Waals surface area (Å²) in [6, 6.07) is 6.94. The van der Waals surface area contributed by atoms with E-state index in [2.05, 4.69) is 32.0 Å². The van der Waals surface area contributed by atoms with E-state index in [1.165, 1.54) is 61.6 Å². The lowest BCUT2D eigenvalue weighted by Gasteiger charge is -2.25. The highest BCUT2D eigenvalue weighted by Gasteiger charge is 2.22. The lowest BCUT2D eigenvalue weighted by atomic mass is 9.85. The first-order chi connectivity index (χ1) is 9.76. The largest absolute Gasteiger partial charge is 0.118 e. The monoisotopic (exact) mass is 292 g/mol. The molecule has 1 aromatic rings. The van der Waals surface area contributed by atoms with Crippen molar-refractivity contribution >= 4 is 11.6 Å². The molecular weight excluding hydrogens is 264 g/mol. The third-order valence-corrected chi connectivity index (χ3v) is 5.48. The Hall–Kier alpha value is -0.490. The van der Waals surface area contributed by atoms with Crippen LogP contribution in [-0.2, 0) is 12.8 Å². The highest BCUT2D eigenvalue weighted by molar-refractivity contribution is 6.21. The second-order valence-electron chi connectivity index (χ2n) is 6.24. The summed E-state index contributed by atoms with van der Waals surface area (Å²) in [4.78, 5) is 0. The van der Waals surface area contributed by atoms with E-state index < -0.39 is 0 Å². The summed E-state index contributed by atoms with van der Waals surface area (Å²) < 4.78 is 0. The van der Waals surface area contributed by atoms with Gasteiger partial charge < -0.3 is 0 Å². The third-order valence-electron chi connectivity index (χ3n) is 4.87. The van der Waals surface area contributed by atoms with Crippen LogP contribution in [0.5, 0.6) is 0 Å². The SMILES string of the molecule is CCc1ccc(C(Cl)C2CCCCCCC2)cc1CC. The van der Waals surface area contributed by atoms with E-state index in [0.717, 1.165) is 12.8 Å². The average molecular weight is 293 g/mol. The molecule has 0 heterocycles. The first-order valence-electron chi connectivity index (χ1n) is 8.52. The minimum Gasteiger partial charge on any atom is -0.118 e. The molecule has 0 nitrogen and oxygen atoms in total. The van der Waals surface area contributed by atoms with E-state index in [9.17, 15) is 0 Å². The van der Waals surface area contributed by atoms with Gasteiger partial charge in [-0.25, -0.2) is 0 Å². The Balaban J connectivity index is 2.12. The normalized spacial score (nSPS) is 19.4. The molecule has 0 aliphatic heterocycles. The summed E-state index contributed by atoms with van der Waals surface area (Å²) in [5, 5.41) is 0.212. The van der Waals surface area contributed by atoms with Crippen molar-refractivity contribution in [2.45, 2.75) is 77.0 Å². The van der Waals surface area contributed by atoms with Crippen LogP contribution >= 0.6 is 11.6 Å². The van der Waals surface area contributed by atoms with E-state index in [1.54, 1.807) is 0 Å². The molecule has 1 atom stereocenters. The molecule has 112 valence electrons. The molecule has 0 amide bonds. The Bertz CT molecular complexity index is 402. The fraction of sp³-hybridized carbons (Fsp3) is 0.684. The minimum absolute atomic E-state index is 0.212. The molecule has 0 N–H and O–H groups in total. The molecule has 20 heavy (non-hydrogen) atoms. The van der Waals surface area contributed by atoms with Crippen LogP contribution in [0, 0.1) is 5.92 Å². The molecule has 1 aliphatic carbocycles. The standard InChI is InChI=1S/C19H29Cl/c1-3-15-12-13-18(14-16(15)4-2)19(20)17-10-8-6-5-7-9-11-17/h12-14,17,19H,3-11H2,1-2H3. The van der Waals surface area contributed by atoms with Gasteiger partial charge >= 0.3 is 0 Å². The van der Waals surface area contributed by atoms with E-state index in [-0.39, 0.29) is 5.38 Å². The fourth-order valence-corrected chi connectivity index (χ4v) is 3.93. The zero-order chi connectivity index (χ0) is 14.4. The number of benzene rings is 1. The van der Waals surface area contributed by atoms with Gasteiger partial charge in [0.2, 0.25) is 0 Å². The summed E-state index contributed by atoms with van der Waals surface area (Å²) >= 11 is 6.84. The van der Waals surface area contributed by atoms with Gasteiger partial charge in [0.05, 0.1) is 5.38 Å². The number of rotatable bonds is 4. The van der Waals surface area contributed by atoms with Gasteiger partial charge in [0.1, 0.15) is 0 Å². The maximum Gasteiger partial charge on any atom is 0.0613 e. The average Bonchev–Trinajstić information content (AvgIpc) is 2.45. The lowest BCUT2D eigenvalue weighted by molar-refractivity contribution is 0.368. The molecule has 0 aromatic heterocycles. The highest BCUT2D eigenvalue weighted by atomic mass is 35.5. The molecule has 1 fully saturated rings. The van der Waals surface area contributed by atoms with Crippen LogP contribution in [0.25, 0.3) is 0 Å². The van der Waals surface area contributed by atoms with Gasteiger partial charge in [0.25, 0.3) is 0 Å². The van der Waals surface area contributed by atoms with Gasteiger partial charge in [-0.2, -0.15) is 0 Å². The van der Waals surface area contributed by atoms with Crippen LogP contribution in [0.2, 0.25) is 0 Å². The van der Waals surface area contributed by atoms with Crippen LogP contribution < -0.4 is 0 Å². The summed E-state index contributed by atoms with van der Waals surface area (Å²) in [7, 11) is 0. The van der Waals surface area contributed by atoms with Crippen molar-refractivity contribution in [1.82, 2.24) is 0 Å². The number of alkyl halides is 1. The lowest BCUT2D eigenvalue weighted by Crippen LogP contribution is -2.11. The quantitative estimate of drug-likeness (QED) is 0.559. The molecule has 1 unspecified atom stereocenters. The highest BCUT2D eigenvalue weighted by Crippen LogP contribution is 2.38. The van der Waals surface area contributed by atoms with Crippen molar-refractivity contribution in [3.05, 3.63) is 34.9 Å². The Kier molecular flexibility index (Phi) is 6.42. The van der Waals surface area contributed by atoms with Gasteiger partial charge in [0, 0.05) is 0 Å². The molecule has 0 spiro atoms. The molecule has 1 aromatic carbocycles. The molecule has 0 radical (unpaired) electrons. The Morgan fingerprint density at radius 1 is 0.950 bits per heavy atom.